The number of carboxylic acids is 1. The highest BCUT2D eigenvalue weighted by atomic mass is 32.2. The van der Waals surface area contributed by atoms with Gasteiger partial charge in [-0.1, -0.05) is 42.5 Å². The SMILES string of the molecule is COCCOCc1cc(OC)c(-c2ccc(CC(NC(=O)C3CCN3S(=O)(=O)c3ccccc3)C(=O)O)cc2)c(OC)c1. The van der Waals surface area contributed by atoms with Gasteiger partial charge in [-0.2, -0.15) is 4.31 Å². The normalized spacial score (nSPS) is 15.7. The molecule has 0 bridgehead atoms. The predicted molar refractivity (Wildman–Crippen MR) is 159 cm³/mol. The zero-order chi connectivity index (χ0) is 31.0. The van der Waals surface area contributed by atoms with Gasteiger partial charge in [-0.15, -0.1) is 0 Å². The molecule has 43 heavy (non-hydrogen) atoms. The number of benzene rings is 3. The molecule has 1 saturated heterocycles. The van der Waals surface area contributed by atoms with Crippen LogP contribution in [-0.2, 0) is 42.1 Å². The van der Waals surface area contributed by atoms with Gasteiger partial charge in [-0.05, 0) is 47.4 Å². The summed E-state index contributed by atoms with van der Waals surface area (Å²) in [5.41, 5.74) is 3.05. The average molecular weight is 613 g/mol. The standard InChI is InChI=1S/C31H36N2O9S/c1-39-15-16-42-20-22-18-27(40-2)29(28(19-22)41-3)23-11-9-21(10-12-23)17-25(31(35)36)32-30(34)26-13-14-33(26)43(37,38)24-7-5-4-6-8-24/h4-12,18-19,25-26H,13-17,20H2,1-3H3,(H,32,34)(H,35,36). The number of methoxy groups -OCH3 is 3. The van der Waals surface area contributed by atoms with E-state index in [9.17, 15) is 23.1 Å². The molecule has 4 rings (SSSR count). The minimum Gasteiger partial charge on any atom is -0.496 e. The maximum Gasteiger partial charge on any atom is 0.326 e. The Morgan fingerprint density at radius 1 is 0.953 bits per heavy atom. The molecular formula is C31H36N2O9S. The van der Waals surface area contributed by atoms with E-state index in [0.717, 1.165) is 21.0 Å². The van der Waals surface area contributed by atoms with Gasteiger partial charge < -0.3 is 29.4 Å². The van der Waals surface area contributed by atoms with Gasteiger partial charge in [0.05, 0.1) is 44.5 Å². The highest BCUT2D eigenvalue weighted by molar-refractivity contribution is 7.89. The number of hydrogen-bond donors (Lipinski definition) is 2. The van der Waals surface area contributed by atoms with Crippen molar-refractivity contribution in [2.24, 2.45) is 0 Å². The summed E-state index contributed by atoms with van der Waals surface area (Å²) in [5.74, 6) is -0.691. The number of nitrogens with zero attached hydrogens (tertiary/aromatic N) is 1. The van der Waals surface area contributed by atoms with E-state index in [0.29, 0.717) is 43.3 Å². The molecule has 3 aromatic rings. The first-order valence-corrected chi connectivity index (χ1v) is 15.1. The van der Waals surface area contributed by atoms with E-state index >= 15 is 0 Å². The number of nitrogens with one attached hydrogen (secondary N) is 1. The number of rotatable bonds is 15. The van der Waals surface area contributed by atoms with E-state index < -0.39 is 34.0 Å². The topological polar surface area (TPSA) is 141 Å². The molecular weight excluding hydrogens is 576 g/mol. The summed E-state index contributed by atoms with van der Waals surface area (Å²) in [6.45, 7) is 1.48. The molecule has 230 valence electrons. The minimum absolute atomic E-state index is 0.00549. The molecule has 1 aliphatic rings. The van der Waals surface area contributed by atoms with E-state index in [1.807, 2.05) is 24.3 Å². The third-order valence-electron chi connectivity index (χ3n) is 7.19. The van der Waals surface area contributed by atoms with Crippen molar-refractivity contribution in [2.75, 3.05) is 41.1 Å². The molecule has 3 aromatic carbocycles. The Kier molecular flexibility index (Phi) is 10.8. The fourth-order valence-corrected chi connectivity index (χ4v) is 6.47. The molecule has 0 spiro atoms. The number of carboxylic acid groups (broad SMARTS) is 1. The third kappa shape index (κ3) is 7.52. The molecule has 0 aliphatic carbocycles. The van der Waals surface area contributed by atoms with E-state index in [-0.39, 0.29) is 17.9 Å². The lowest BCUT2D eigenvalue weighted by Crippen LogP contribution is -2.60. The molecule has 1 heterocycles. The van der Waals surface area contributed by atoms with Crippen LogP contribution in [0.4, 0.5) is 0 Å². The summed E-state index contributed by atoms with van der Waals surface area (Å²) in [4.78, 5) is 25.2. The molecule has 2 N–H and O–H groups in total. The van der Waals surface area contributed by atoms with Crippen LogP contribution >= 0.6 is 0 Å². The van der Waals surface area contributed by atoms with Crippen molar-refractivity contribution >= 4 is 21.9 Å². The number of carbonyl (C=O) groups excluding carboxylic acids is 1. The van der Waals surface area contributed by atoms with Crippen LogP contribution in [0.3, 0.4) is 0 Å². The van der Waals surface area contributed by atoms with Gasteiger partial charge in [0.25, 0.3) is 0 Å². The Hall–Kier alpha value is -3.97. The highest BCUT2D eigenvalue weighted by Crippen LogP contribution is 2.40. The fraction of sp³-hybridized carbons (Fsp3) is 0.355. The van der Waals surface area contributed by atoms with Crippen molar-refractivity contribution in [2.45, 2.75) is 36.4 Å². The number of aliphatic carboxylic acids is 1. The van der Waals surface area contributed by atoms with Crippen LogP contribution in [0.15, 0.2) is 71.6 Å². The fourth-order valence-electron chi connectivity index (χ4n) is 4.82. The van der Waals surface area contributed by atoms with Crippen molar-refractivity contribution in [3.63, 3.8) is 0 Å². The first-order valence-electron chi connectivity index (χ1n) is 13.7. The summed E-state index contributed by atoms with van der Waals surface area (Å²) in [6, 6.07) is 16.6. The smallest absolute Gasteiger partial charge is 0.326 e. The van der Waals surface area contributed by atoms with Crippen LogP contribution in [0, 0.1) is 0 Å². The molecule has 1 amide bonds. The number of amides is 1. The lowest BCUT2D eigenvalue weighted by atomic mass is 9.97. The summed E-state index contributed by atoms with van der Waals surface area (Å²) in [7, 11) is 0.870. The molecule has 11 nitrogen and oxygen atoms in total. The maximum absolute atomic E-state index is 13.0. The molecule has 0 radical (unpaired) electrons. The number of carbonyl (C=O) groups is 2. The van der Waals surface area contributed by atoms with Crippen molar-refractivity contribution in [1.82, 2.24) is 9.62 Å². The number of sulfonamides is 1. The highest BCUT2D eigenvalue weighted by Gasteiger charge is 2.43. The Morgan fingerprint density at radius 2 is 1.60 bits per heavy atom. The molecule has 1 aliphatic heterocycles. The first-order chi connectivity index (χ1) is 20.7. The summed E-state index contributed by atoms with van der Waals surface area (Å²) in [5, 5.41) is 12.4. The van der Waals surface area contributed by atoms with Crippen molar-refractivity contribution < 1.29 is 42.1 Å². The average Bonchev–Trinajstić information content (AvgIpc) is 2.98. The quantitative estimate of drug-likeness (QED) is 0.248. The number of hydrogen-bond acceptors (Lipinski definition) is 8. The largest absolute Gasteiger partial charge is 0.496 e. The number of ether oxygens (including phenoxy) is 4. The first kappa shape index (κ1) is 32.0. The van der Waals surface area contributed by atoms with Crippen LogP contribution in [0.2, 0.25) is 0 Å². The van der Waals surface area contributed by atoms with Crippen LogP contribution in [0.5, 0.6) is 11.5 Å². The van der Waals surface area contributed by atoms with Crippen LogP contribution in [0.25, 0.3) is 11.1 Å². The maximum atomic E-state index is 13.0. The summed E-state index contributed by atoms with van der Waals surface area (Å²) < 4.78 is 49.0. The Labute approximate surface area is 251 Å². The monoisotopic (exact) mass is 612 g/mol. The van der Waals surface area contributed by atoms with E-state index in [2.05, 4.69) is 5.32 Å². The zero-order valence-corrected chi connectivity index (χ0v) is 25.1. The van der Waals surface area contributed by atoms with Gasteiger partial charge in [0.2, 0.25) is 15.9 Å². The van der Waals surface area contributed by atoms with E-state index in [1.54, 1.807) is 51.7 Å². The van der Waals surface area contributed by atoms with Crippen molar-refractivity contribution in [3.8, 4) is 22.6 Å². The second-order valence-electron chi connectivity index (χ2n) is 9.95. The van der Waals surface area contributed by atoms with E-state index in [1.165, 1.54) is 12.1 Å². The van der Waals surface area contributed by atoms with Crippen molar-refractivity contribution in [3.05, 3.63) is 77.9 Å². The Bertz CT molecular complexity index is 1490. The lowest BCUT2D eigenvalue weighted by molar-refractivity contribution is -0.143. The molecule has 1 fully saturated rings. The lowest BCUT2D eigenvalue weighted by Gasteiger charge is -2.38. The molecule has 12 heteroatoms. The molecule has 2 atom stereocenters. The van der Waals surface area contributed by atoms with Crippen molar-refractivity contribution in [1.29, 1.82) is 0 Å². The van der Waals surface area contributed by atoms with Gasteiger partial charge in [0.15, 0.2) is 0 Å². The van der Waals surface area contributed by atoms with Gasteiger partial charge in [-0.25, -0.2) is 13.2 Å². The summed E-state index contributed by atoms with van der Waals surface area (Å²) >= 11 is 0. The van der Waals surface area contributed by atoms with Gasteiger partial charge in [0, 0.05) is 20.1 Å². The second kappa shape index (κ2) is 14.5. The third-order valence-corrected chi connectivity index (χ3v) is 9.11. The molecule has 2 unspecified atom stereocenters. The van der Waals surface area contributed by atoms with Crippen LogP contribution in [-0.4, -0.2) is 82.9 Å². The molecule has 0 saturated carbocycles. The van der Waals surface area contributed by atoms with E-state index in [4.69, 9.17) is 18.9 Å². The Morgan fingerprint density at radius 3 is 2.14 bits per heavy atom. The van der Waals surface area contributed by atoms with Crippen LogP contribution in [0.1, 0.15) is 17.5 Å². The van der Waals surface area contributed by atoms with Gasteiger partial charge in [-0.3, -0.25) is 4.79 Å². The second-order valence-corrected chi connectivity index (χ2v) is 11.8. The zero-order valence-electron chi connectivity index (χ0n) is 24.3. The van der Waals surface area contributed by atoms with Gasteiger partial charge >= 0.3 is 5.97 Å². The molecule has 0 aromatic heterocycles. The Balaban J connectivity index is 1.46. The predicted octanol–water partition coefficient (Wildman–Crippen LogP) is 3.11. The van der Waals surface area contributed by atoms with Crippen LogP contribution < -0.4 is 14.8 Å². The van der Waals surface area contributed by atoms with Gasteiger partial charge in [0.1, 0.15) is 23.6 Å². The minimum atomic E-state index is -3.87. The summed E-state index contributed by atoms with van der Waals surface area (Å²) in [6.07, 6.45) is 0.312.